The number of carbonyl (C=O) groups is 2. The highest BCUT2D eigenvalue weighted by atomic mass is 19.1. The number of hydrogen-bond acceptors (Lipinski definition) is 5. The lowest BCUT2D eigenvalue weighted by Gasteiger charge is -2.37. The van der Waals surface area contributed by atoms with Gasteiger partial charge >= 0.3 is 0 Å². The lowest BCUT2D eigenvalue weighted by atomic mass is 9.99. The van der Waals surface area contributed by atoms with E-state index < -0.39 is 6.04 Å². The first-order valence-corrected chi connectivity index (χ1v) is 11.4. The maximum absolute atomic E-state index is 13.8. The molecule has 4 rings (SSSR count). The van der Waals surface area contributed by atoms with Gasteiger partial charge in [-0.25, -0.2) is 9.37 Å². The molecule has 1 N–H and O–H groups in total. The van der Waals surface area contributed by atoms with Crippen LogP contribution in [0.5, 0.6) is 5.88 Å². The van der Waals surface area contributed by atoms with Crippen molar-refractivity contribution in [3.05, 3.63) is 47.9 Å². The summed E-state index contributed by atoms with van der Waals surface area (Å²) in [6.45, 7) is 4.31. The average molecular weight is 456 g/mol. The van der Waals surface area contributed by atoms with Crippen LogP contribution >= 0.6 is 0 Å². The van der Waals surface area contributed by atoms with Crippen molar-refractivity contribution in [3.8, 4) is 17.0 Å². The van der Waals surface area contributed by atoms with Gasteiger partial charge in [-0.2, -0.15) is 0 Å². The van der Waals surface area contributed by atoms with E-state index in [2.05, 4.69) is 4.98 Å². The van der Waals surface area contributed by atoms with E-state index in [1.807, 2.05) is 6.92 Å². The molecule has 0 bridgehead atoms. The Morgan fingerprint density at radius 2 is 2.09 bits per heavy atom. The van der Waals surface area contributed by atoms with E-state index in [1.54, 1.807) is 48.2 Å². The highest BCUT2D eigenvalue weighted by molar-refractivity contribution is 5.98. The Morgan fingerprint density at radius 3 is 2.76 bits per heavy atom. The predicted octanol–water partition coefficient (Wildman–Crippen LogP) is 2.98. The van der Waals surface area contributed by atoms with Gasteiger partial charge in [-0.15, -0.1) is 0 Å². The fraction of sp³-hybridized carbons (Fsp3) is 0.480. The van der Waals surface area contributed by atoms with Crippen LogP contribution in [-0.2, 0) is 4.79 Å². The molecule has 176 valence electrons. The number of aliphatic hydroxyl groups excluding tert-OH is 1. The summed E-state index contributed by atoms with van der Waals surface area (Å²) in [5.74, 6) is -0.390. The van der Waals surface area contributed by atoms with Crippen LogP contribution in [0.4, 0.5) is 4.39 Å². The van der Waals surface area contributed by atoms with Crippen molar-refractivity contribution in [3.63, 3.8) is 0 Å². The monoisotopic (exact) mass is 455 g/mol. The third kappa shape index (κ3) is 5.00. The molecule has 1 aliphatic heterocycles. The molecule has 0 spiro atoms. The number of hydrogen-bond donors (Lipinski definition) is 1. The third-order valence-corrected chi connectivity index (χ3v) is 6.44. The molecule has 1 fully saturated rings. The zero-order valence-electron chi connectivity index (χ0n) is 19.2. The Hall–Kier alpha value is -3.00. The van der Waals surface area contributed by atoms with Crippen molar-refractivity contribution in [2.75, 3.05) is 26.7 Å². The van der Waals surface area contributed by atoms with Gasteiger partial charge in [0.15, 0.2) is 0 Å². The van der Waals surface area contributed by atoms with Crippen LogP contribution in [0.1, 0.15) is 37.0 Å². The summed E-state index contributed by atoms with van der Waals surface area (Å²) in [6.07, 6.45) is 3.02. The van der Waals surface area contributed by atoms with E-state index in [-0.39, 0.29) is 53.6 Å². The molecule has 7 nitrogen and oxygen atoms in total. The fourth-order valence-corrected chi connectivity index (χ4v) is 4.15. The van der Waals surface area contributed by atoms with Crippen molar-refractivity contribution in [2.24, 2.45) is 11.8 Å². The molecule has 1 aromatic heterocycles. The summed E-state index contributed by atoms with van der Waals surface area (Å²) in [5.41, 5.74) is 1.44. The minimum Gasteiger partial charge on any atom is -0.472 e. The smallest absolute Gasteiger partial charge is 0.259 e. The first-order chi connectivity index (χ1) is 15.8. The molecule has 1 aromatic carbocycles. The van der Waals surface area contributed by atoms with E-state index in [9.17, 15) is 19.1 Å². The number of likely N-dealkylation sites (N-methyl/N-ethyl adjacent to an activating group) is 1. The summed E-state index contributed by atoms with van der Waals surface area (Å²) in [7, 11) is 1.77. The van der Waals surface area contributed by atoms with Crippen molar-refractivity contribution in [2.45, 2.75) is 38.8 Å². The molecule has 2 aromatic rings. The van der Waals surface area contributed by atoms with E-state index in [0.29, 0.717) is 24.2 Å². The number of benzene rings is 1. The van der Waals surface area contributed by atoms with Gasteiger partial charge < -0.3 is 19.6 Å². The SMILES string of the molecule is C[C@@H]1CN([C@H](C)CO)C(=O)c2cc(-c3cccc(F)c3)cnc2O[C@@H]1CN(C)C(=O)C1CC1. The molecule has 1 aliphatic carbocycles. The molecule has 0 saturated heterocycles. The Bertz CT molecular complexity index is 1040. The summed E-state index contributed by atoms with van der Waals surface area (Å²) in [4.78, 5) is 33.7. The zero-order chi connectivity index (χ0) is 23.7. The summed E-state index contributed by atoms with van der Waals surface area (Å²) < 4.78 is 20.0. The molecule has 1 saturated carbocycles. The number of fused-ring (bicyclic) bond motifs is 1. The van der Waals surface area contributed by atoms with Gasteiger partial charge in [-0.1, -0.05) is 19.1 Å². The Balaban J connectivity index is 1.70. The topological polar surface area (TPSA) is 83.0 Å². The minimum absolute atomic E-state index is 0.102. The second kappa shape index (κ2) is 9.47. The van der Waals surface area contributed by atoms with E-state index in [0.717, 1.165) is 12.8 Å². The average Bonchev–Trinajstić information content (AvgIpc) is 3.65. The van der Waals surface area contributed by atoms with Crippen molar-refractivity contribution < 1.29 is 23.8 Å². The molecule has 3 atom stereocenters. The first-order valence-electron chi connectivity index (χ1n) is 11.4. The molecule has 2 amide bonds. The van der Waals surface area contributed by atoms with E-state index in [4.69, 9.17) is 4.74 Å². The first kappa shape index (κ1) is 23.2. The molecule has 33 heavy (non-hydrogen) atoms. The highest BCUT2D eigenvalue weighted by Crippen LogP contribution is 2.33. The molecular formula is C25H30FN3O4. The Labute approximate surface area is 193 Å². The van der Waals surface area contributed by atoms with Gasteiger partial charge in [0.05, 0.1) is 19.2 Å². The second-order valence-corrected chi connectivity index (χ2v) is 9.20. The van der Waals surface area contributed by atoms with Crippen LogP contribution in [0.3, 0.4) is 0 Å². The number of aromatic nitrogens is 1. The molecule has 2 aliphatic rings. The van der Waals surface area contributed by atoms with Gasteiger partial charge in [0, 0.05) is 37.2 Å². The second-order valence-electron chi connectivity index (χ2n) is 9.20. The number of halogens is 1. The van der Waals surface area contributed by atoms with Crippen LogP contribution in [0, 0.1) is 17.7 Å². The maximum Gasteiger partial charge on any atom is 0.259 e. The van der Waals surface area contributed by atoms with Crippen LogP contribution in [0.25, 0.3) is 11.1 Å². The molecular weight excluding hydrogens is 425 g/mol. The number of pyridine rings is 1. The molecule has 2 heterocycles. The number of ether oxygens (including phenoxy) is 1. The van der Waals surface area contributed by atoms with Gasteiger partial charge in [0.1, 0.15) is 17.5 Å². The summed E-state index contributed by atoms with van der Waals surface area (Å²) >= 11 is 0. The zero-order valence-corrected chi connectivity index (χ0v) is 19.2. The number of carbonyl (C=O) groups excluding carboxylic acids is 2. The van der Waals surface area contributed by atoms with Crippen molar-refractivity contribution in [1.82, 2.24) is 14.8 Å². The summed E-state index contributed by atoms with van der Waals surface area (Å²) in [5, 5.41) is 9.78. The van der Waals surface area contributed by atoms with Gasteiger partial charge in [0.25, 0.3) is 5.91 Å². The number of rotatable bonds is 6. The lowest BCUT2D eigenvalue weighted by molar-refractivity contribution is -0.132. The fourth-order valence-electron chi connectivity index (χ4n) is 4.15. The highest BCUT2D eigenvalue weighted by Gasteiger charge is 2.37. The Kier molecular flexibility index (Phi) is 6.65. The third-order valence-electron chi connectivity index (χ3n) is 6.44. The van der Waals surface area contributed by atoms with Crippen LogP contribution in [0.2, 0.25) is 0 Å². The molecule has 0 radical (unpaired) electrons. The van der Waals surface area contributed by atoms with Gasteiger partial charge in [-0.05, 0) is 43.5 Å². The predicted molar refractivity (Wildman–Crippen MR) is 121 cm³/mol. The van der Waals surface area contributed by atoms with E-state index >= 15 is 0 Å². The van der Waals surface area contributed by atoms with Crippen molar-refractivity contribution in [1.29, 1.82) is 0 Å². The quantitative estimate of drug-likeness (QED) is 0.724. The normalized spacial score (nSPS) is 21.5. The number of nitrogens with zero attached hydrogens (tertiary/aromatic N) is 3. The standard InChI is InChI=1S/C25H30FN3O4/c1-15-12-29(16(2)14-30)25(32)21-10-19(18-5-4-6-20(26)9-18)11-27-23(21)33-22(15)13-28(3)24(31)17-7-8-17/h4-6,9-11,15-17,22,30H,7-8,12-14H2,1-3H3/t15-,16-,22-/m1/s1. The summed E-state index contributed by atoms with van der Waals surface area (Å²) in [6, 6.07) is 7.34. The minimum atomic E-state index is -0.407. The van der Waals surface area contributed by atoms with Gasteiger partial charge in [0.2, 0.25) is 11.8 Å². The lowest BCUT2D eigenvalue weighted by Crippen LogP contribution is -2.50. The van der Waals surface area contributed by atoms with E-state index in [1.165, 1.54) is 12.1 Å². The molecule has 0 unspecified atom stereocenters. The Morgan fingerprint density at radius 1 is 1.33 bits per heavy atom. The van der Waals surface area contributed by atoms with Crippen molar-refractivity contribution >= 4 is 11.8 Å². The number of aliphatic hydroxyl groups is 1. The van der Waals surface area contributed by atoms with Crippen LogP contribution < -0.4 is 4.74 Å². The largest absolute Gasteiger partial charge is 0.472 e. The number of amides is 2. The van der Waals surface area contributed by atoms with Crippen LogP contribution in [0.15, 0.2) is 36.5 Å². The van der Waals surface area contributed by atoms with Gasteiger partial charge in [-0.3, -0.25) is 9.59 Å². The van der Waals surface area contributed by atoms with Crippen LogP contribution in [-0.4, -0.2) is 70.6 Å². The molecule has 8 heteroatoms. The maximum atomic E-state index is 13.8.